The summed E-state index contributed by atoms with van der Waals surface area (Å²) in [7, 11) is 0. The molecular formula is C14H14Cl2N2O3. The zero-order valence-corrected chi connectivity index (χ0v) is 13.0. The van der Waals surface area contributed by atoms with Gasteiger partial charge in [0, 0.05) is 12.1 Å². The van der Waals surface area contributed by atoms with Gasteiger partial charge in [-0.25, -0.2) is 4.79 Å². The van der Waals surface area contributed by atoms with E-state index >= 15 is 0 Å². The van der Waals surface area contributed by atoms with Crippen molar-refractivity contribution in [3.05, 3.63) is 51.3 Å². The fourth-order valence-electron chi connectivity index (χ4n) is 1.86. The normalized spacial score (nSPS) is 13.9. The second kappa shape index (κ2) is 6.05. The van der Waals surface area contributed by atoms with Crippen LogP contribution >= 0.6 is 23.2 Å². The van der Waals surface area contributed by atoms with Crippen LogP contribution in [0.2, 0.25) is 10.0 Å². The van der Waals surface area contributed by atoms with Gasteiger partial charge in [-0.05, 0) is 31.5 Å². The number of hydrogen-bond donors (Lipinski definition) is 2. The summed E-state index contributed by atoms with van der Waals surface area (Å²) in [4.78, 5) is 11.7. The molecule has 21 heavy (non-hydrogen) atoms. The van der Waals surface area contributed by atoms with Gasteiger partial charge in [-0.2, -0.15) is 0 Å². The summed E-state index contributed by atoms with van der Waals surface area (Å²) in [6, 6.07) is 4.76. The molecule has 0 amide bonds. The first-order valence-corrected chi connectivity index (χ1v) is 6.94. The molecule has 7 heteroatoms. The first kappa shape index (κ1) is 15.8. The van der Waals surface area contributed by atoms with E-state index in [1.54, 1.807) is 32.0 Å². The Kier molecular flexibility index (Phi) is 4.56. The topological polar surface area (TPSA) is 75.4 Å². The van der Waals surface area contributed by atoms with Gasteiger partial charge < -0.3 is 9.63 Å². The van der Waals surface area contributed by atoms with Gasteiger partial charge in [0.05, 0.1) is 15.7 Å². The van der Waals surface area contributed by atoms with Gasteiger partial charge in [0.25, 0.3) is 0 Å². The number of hydrogen-bond acceptors (Lipinski definition) is 4. The van der Waals surface area contributed by atoms with Crippen molar-refractivity contribution < 1.29 is 14.4 Å². The summed E-state index contributed by atoms with van der Waals surface area (Å²) in [5.74, 6) is -1.02. The second-order valence-corrected chi connectivity index (χ2v) is 5.65. The Balaban J connectivity index is 2.29. The number of benzene rings is 1. The Bertz CT molecular complexity index is 672. The number of nitrogens with zero attached hydrogens (tertiary/aromatic N) is 1. The summed E-state index contributed by atoms with van der Waals surface area (Å²) < 4.78 is 4.84. The third-order valence-electron chi connectivity index (χ3n) is 3.41. The molecule has 0 fully saturated rings. The lowest BCUT2D eigenvalue weighted by molar-refractivity contribution is -0.144. The van der Waals surface area contributed by atoms with Crippen molar-refractivity contribution in [3.8, 4) is 0 Å². The monoisotopic (exact) mass is 328 g/mol. The first-order chi connectivity index (χ1) is 9.84. The number of aliphatic carboxylic acids is 1. The van der Waals surface area contributed by atoms with Crippen LogP contribution in [0.3, 0.4) is 0 Å². The van der Waals surface area contributed by atoms with Crippen molar-refractivity contribution in [2.45, 2.75) is 25.9 Å². The average Bonchev–Trinajstić information content (AvgIpc) is 2.84. The van der Waals surface area contributed by atoms with Crippen LogP contribution in [-0.4, -0.2) is 16.2 Å². The molecule has 2 rings (SSSR count). The van der Waals surface area contributed by atoms with Crippen LogP contribution in [0.4, 0.5) is 0 Å². The molecule has 0 radical (unpaired) electrons. The minimum atomic E-state index is -1.31. The van der Waals surface area contributed by atoms with Crippen molar-refractivity contribution in [3.63, 3.8) is 0 Å². The summed E-state index contributed by atoms with van der Waals surface area (Å²) in [5, 5.41) is 17.0. The predicted octanol–water partition coefficient (Wildman–Crippen LogP) is 3.38. The van der Waals surface area contributed by atoms with Gasteiger partial charge in [-0.15, -0.1) is 0 Å². The average molecular weight is 329 g/mol. The lowest BCUT2D eigenvalue weighted by Gasteiger charge is -2.27. The highest BCUT2D eigenvalue weighted by Gasteiger charge is 2.35. The molecule has 0 saturated heterocycles. The smallest absolute Gasteiger partial charge is 0.328 e. The number of carbonyl (C=O) groups is 1. The van der Waals surface area contributed by atoms with Crippen molar-refractivity contribution in [2.24, 2.45) is 0 Å². The van der Waals surface area contributed by atoms with Crippen LogP contribution in [0.1, 0.15) is 23.7 Å². The van der Waals surface area contributed by atoms with Crippen molar-refractivity contribution in [2.75, 3.05) is 0 Å². The zero-order chi connectivity index (χ0) is 15.6. The fraction of sp³-hybridized carbons (Fsp3) is 0.286. The summed E-state index contributed by atoms with van der Waals surface area (Å²) >= 11 is 11.8. The molecule has 2 N–H and O–H groups in total. The van der Waals surface area contributed by atoms with E-state index in [1.807, 2.05) is 0 Å². The minimum absolute atomic E-state index is 0.304. The number of aryl methyl sites for hydroxylation is 1. The Morgan fingerprint density at radius 2 is 2.14 bits per heavy atom. The number of nitrogens with one attached hydrogen (secondary N) is 1. The van der Waals surface area contributed by atoms with E-state index in [0.717, 1.165) is 5.56 Å². The molecule has 1 atom stereocenters. The maximum Gasteiger partial charge on any atom is 0.328 e. The second-order valence-electron chi connectivity index (χ2n) is 4.84. The number of aromatic nitrogens is 1. The molecule has 0 saturated carbocycles. The molecular weight excluding hydrogens is 315 g/mol. The van der Waals surface area contributed by atoms with Gasteiger partial charge in [0.15, 0.2) is 0 Å². The van der Waals surface area contributed by atoms with Crippen LogP contribution < -0.4 is 5.32 Å². The number of halogens is 2. The summed E-state index contributed by atoms with van der Waals surface area (Å²) in [6.07, 6.45) is 1.49. The molecule has 0 aliphatic rings. The number of carboxylic acids is 1. The number of carboxylic acid groups (broad SMARTS) is 1. The lowest BCUT2D eigenvalue weighted by atomic mass is 9.91. The molecule has 5 nitrogen and oxygen atoms in total. The van der Waals surface area contributed by atoms with Crippen LogP contribution in [0.5, 0.6) is 0 Å². The highest BCUT2D eigenvalue weighted by atomic mass is 35.5. The largest absolute Gasteiger partial charge is 0.480 e. The molecule has 0 spiro atoms. The quantitative estimate of drug-likeness (QED) is 0.879. The third kappa shape index (κ3) is 3.20. The minimum Gasteiger partial charge on any atom is -0.480 e. The molecule has 1 heterocycles. The maximum atomic E-state index is 11.7. The maximum absolute atomic E-state index is 11.7. The molecule has 0 aliphatic heterocycles. The molecule has 112 valence electrons. The Labute approximate surface area is 131 Å². The van der Waals surface area contributed by atoms with Gasteiger partial charge in [-0.3, -0.25) is 5.32 Å². The van der Waals surface area contributed by atoms with E-state index in [0.29, 0.717) is 27.8 Å². The van der Waals surface area contributed by atoms with Gasteiger partial charge >= 0.3 is 5.97 Å². The highest BCUT2D eigenvalue weighted by molar-refractivity contribution is 6.42. The Morgan fingerprint density at radius 1 is 1.43 bits per heavy atom. The van der Waals surface area contributed by atoms with Crippen LogP contribution in [-0.2, 0) is 16.9 Å². The van der Waals surface area contributed by atoms with Crippen molar-refractivity contribution >= 4 is 29.2 Å². The SMILES string of the molecule is Cc1nocc1CNC(C)(C(=O)O)c1ccc(Cl)c(Cl)c1. The Hall–Kier alpha value is -1.56. The Morgan fingerprint density at radius 3 is 2.67 bits per heavy atom. The van der Waals surface area contributed by atoms with E-state index in [4.69, 9.17) is 27.7 Å². The molecule has 0 bridgehead atoms. The fourth-order valence-corrected chi connectivity index (χ4v) is 2.16. The van der Waals surface area contributed by atoms with E-state index in [-0.39, 0.29) is 0 Å². The van der Waals surface area contributed by atoms with E-state index in [9.17, 15) is 9.90 Å². The first-order valence-electron chi connectivity index (χ1n) is 6.18. The van der Waals surface area contributed by atoms with Gasteiger partial charge in [-0.1, -0.05) is 34.4 Å². The molecule has 1 unspecified atom stereocenters. The number of rotatable bonds is 5. The predicted molar refractivity (Wildman–Crippen MR) is 79.5 cm³/mol. The third-order valence-corrected chi connectivity index (χ3v) is 4.15. The molecule has 1 aromatic heterocycles. The van der Waals surface area contributed by atoms with E-state index in [2.05, 4.69) is 10.5 Å². The van der Waals surface area contributed by atoms with Crippen LogP contribution in [0.15, 0.2) is 29.0 Å². The van der Waals surface area contributed by atoms with Crippen molar-refractivity contribution in [1.29, 1.82) is 0 Å². The molecule has 1 aromatic carbocycles. The standard InChI is InChI=1S/C14H14Cl2N2O3/c1-8-9(7-21-18-8)6-17-14(2,13(19)20)10-3-4-11(15)12(16)5-10/h3-5,7,17H,6H2,1-2H3,(H,19,20). The molecule has 0 aliphatic carbocycles. The van der Waals surface area contributed by atoms with Crippen LogP contribution in [0, 0.1) is 6.92 Å². The van der Waals surface area contributed by atoms with Gasteiger partial charge in [0.2, 0.25) is 0 Å². The zero-order valence-electron chi connectivity index (χ0n) is 11.5. The van der Waals surface area contributed by atoms with Crippen molar-refractivity contribution in [1.82, 2.24) is 10.5 Å². The lowest BCUT2D eigenvalue weighted by Crippen LogP contribution is -2.46. The van der Waals surface area contributed by atoms with E-state index in [1.165, 1.54) is 6.26 Å². The summed E-state index contributed by atoms with van der Waals surface area (Å²) in [5.41, 5.74) is 0.711. The highest BCUT2D eigenvalue weighted by Crippen LogP contribution is 2.29. The molecule has 2 aromatic rings. The summed E-state index contributed by atoms with van der Waals surface area (Å²) in [6.45, 7) is 3.66. The van der Waals surface area contributed by atoms with Crippen LogP contribution in [0.25, 0.3) is 0 Å². The van der Waals surface area contributed by atoms with E-state index < -0.39 is 11.5 Å². The van der Waals surface area contributed by atoms with Gasteiger partial charge in [0.1, 0.15) is 11.8 Å².